The number of hydrogen-bond acceptors (Lipinski definition) is 5. The Kier molecular flexibility index (Phi) is 9.40. The zero-order chi connectivity index (χ0) is 23.9. The molecule has 0 unspecified atom stereocenters. The molecular formula is C25H38N4O2S. The molecule has 0 bridgehead atoms. The van der Waals surface area contributed by atoms with E-state index in [9.17, 15) is 9.59 Å². The summed E-state index contributed by atoms with van der Waals surface area (Å²) in [6, 6.07) is 8.19. The van der Waals surface area contributed by atoms with Crippen molar-refractivity contribution in [3.05, 3.63) is 41.0 Å². The van der Waals surface area contributed by atoms with Crippen LogP contribution in [0.4, 0.5) is 0 Å². The summed E-state index contributed by atoms with van der Waals surface area (Å²) in [4.78, 5) is 32.5. The lowest BCUT2D eigenvalue weighted by atomic mass is 9.91. The Balaban J connectivity index is 0.000000837. The predicted molar refractivity (Wildman–Crippen MR) is 132 cm³/mol. The summed E-state index contributed by atoms with van der Waals surface area (Å²) in [6.07, 6.45) is 2.09. The number of carbonyl (C=O) groups is 2. The third-order valence-electron chi connectivity index (χ3n) is 4.99. The van der Waals surface area contributed by atoms with Crippen LogP contribution < -0.4 is 11.1 Å². The van der Waals surface area contributed by atoms with Gasteiger partial charge in [0.2, 0.25) is 11.8 Å². The normalized spacial score (nSPS) is 16.0. The van der Waals surface area contributed by atoms with Crippen molar-refractivity contribution in [3.63, 3.8) is 0 Å². The highest BCUT2D eigenvalue weighted by Gasteiger charge is 2.35. The number of rotatable bonds is 5. The highest BCUT2D eigenvalue weighted by molar-refractivity contribution is 7.13. The molecule has 1 fully saturated rings. The van der Waals surface area contributed by atoms with Crippen LogP contribution in [-0.4, -0.2) is 40.3 Å². The summed E-state index contributed by atoms with van der Waals surface area (Å²) in [5.74, 6) is 0.0246. The average Bonchev–Trinajstić information content (AvgIpc) is 3.34. The topological polar surface area (TPSA) is 88.3 Å². The number of amides is 2. The molecule has 0 saturated carbocycles. The van der Waals surface area contributed by atoms with E-state index in [-0.39, 0.29) is 23.3 Å². The molecule has 0 aliphatic carbocycles. The number of nitrogens with zero attached hydrogens (tertiary/aromatic N) is 2. The van der Waals surface area contributed by atoms with Crippen LogP contribution in [0.2, 0.25) is 0 Å². The Morgan fingerprint density at radius 2 is 1.88 bits per heavy atom. The maximum absolute atomic E-state index is 12.7. The maximum atomic E-state index is 12.7. The number of carbonyl (C=O) groups excluding carboxylic acids is 2. The molecule has 0 radical (unpaired) electrons. The molecule has 7 heteroatoms. The molecule has 1 atom stereocenters. The Morgan fingerprint density at radius 1 is 1.25 bits per heavy atom. The van der Waals surface area contributed by atoms with Crippen LogP contribution in [0.1, 0.15) is 65.1 Å². The van der Waals surface area contributed by atoms with Crippen LogP contribution >= 0.6 is 11.3 Å². The maximum Gasteiger partial charge on any atom is 0.243 e. The molecule has 2 heterocycles. The molecular weight excluding hydrogens is 420 g/mol. The summed E-state index contributed by atoms with van der Waals surface area (Å²) < 4.78 is 0. The van der Waals surface area contributed by atoms with Gasteiger partial charge in [-0.2, -0.15) is 0 Å². The Bertz CT molecular complexity index is 881. The summed E-state index contributed by atoms with van der Waals surface area (Å²) in [7, 11) is 0. The fourth-order valence-electron chi connectivity index (χ4n) is 3.55. The minimum Gasteiger partial charge on any atom is -0.350 e. The van der Waals surface area contributed by atoms with Crippen molar-refractivity contribution in [1.29, 1.82) is 0 Å². The van der Waals surface area contributed by atoms with E-state index in [1.807, 2.05) is 59.2 Å². The molecule has 1 saturated heterocycles. The zero-order valence-electron chi connectivity index (χ0n) is 20.3. The van der Waals surface area contributed by atoms with Crippen molar-refractivity contribution in [3.8, 4) is 10.4 Å². The first-order valence-electron chi connectivity index (χ1n) is 11.3. The molecule has 3 N–H and O–H groups in total. The second kappa shape index (κ2) is 11.6. The van der Waals surface area contributed by atoms with Gasteiger partial charge in [0.05, 0.1) is 16.1 Å². The highest BCUT2D eigenvalue weighted by atomic mass is 32.1. The third-order valence-corrected chi connectivity index (χ3v) is 5.96. The number of likely N-dealkylation sites (tertiary alicyclic amines) is 1. The standard InChI is InChI=1S/C22H29N3O2S.C3H9N/c1-15-20(28-14-24-15)17-9-7-16(8-10-17)13-23-21(27)18-6-5-11-25(18)19(26)12-22(2,3)4;1-3(2)4/h7-10,14,18H,5-6,11-13H2,1-4H3,(H,23,27);3H,4H2,1-2H3/t18-;/m0./s1. The zero-order valence-corrected chi connectivity index (χ0v) is 21.1. The first-order valence-corrected chi connectivity index (χ1v) is 12.2. The van der Waals surface area contributed by atoms with Gasteiger partial charge in [-0.15, -0.1) is 11.3 Å². The fourth-order valence-corrected chi connectivity index (χ4v) is 4.36. The monoisotopic (exact) mass is 458 g/mol. The van der Waals surface area contributed by atoms with Crippen LogP contribution in [0.15, 0.2) is 29.8 Å². The summed E-state index contributed by atoms with van der Waals surface area (Å²) in [6.45, 7) is 13.2. The van der Waals surface area contributed by atoms with Gasteiger partial charge in [0.15, 0.2) is 0 Å². The van der Waals surface area contributed by atoms with E-state index in [1.54, 1.807) is 16.2 Å². The smallest absolute Gasteiger partial charge is 0.243 e. The Hall–Kier alpha value is -2.25. The summed E-state index contributed by atoms with van der Waals surface area (Å²) in [5, 5.41) is 3.01. The van der Waals surface area contributed by atoms with E-state index in [0.29, 0.717) is 25.6 Å². The molecule has 3 rings (SSSR count). The second-order valence-electron chi connectivity index (χ2n) is 9.91. The molecule has 1 aromatic carbocycles. The summed E-state index contributed by atoms with van der Waals surface area (Å²) >= 11 is 1.63. The molecule has 2 amide bonds. The number of hydrogen-bond donors (Lipinski definition) is 2. The van der Waals surface area contributed by atoms with Crippen molar-refractivity contribution in [2.45, 2.75) is 79.4 Å². The van der Waals surface area contributed by atoms with Crippen molar-refractivity contribution in [2.24, 2.45) is 11.1 Å². The van der Waals surface area contributed by atoms with Gasteiger partial charge >= 0.3 is 0 Å². The van der Waals surface area contributed by atoms with Crippen molar-refractivity contribution in [1.82, 2.24) is 15.2 Å². The second-order valence-corrected chi connectivity index (χ2v) is 10.8. The lowest BCUT2D eigenvalue weighted by Gasteiger charge is -2.27. The fraction of sp³-hybridized carbons (Fsp3) is 0.560. The largest absolute Gasteiger partial charge is 0.350 e. The lowest BCUT2D eigenvalue weighted by Crippen LogP contribution is -2.46. The van der Waals surface area contributed by atoms with Crippen LogP contribution in [-0.2, 0) is 16.1 Å². The van der Waals surface area contributed by atoms with Gasteiger partial charge in [-0.25, -0.2) is 4.98 Å². The molecule has 32 heavy (non-hydrogen) atoms. The molecule has 0 spiro atoms. The molecule has 1 aliphatic heterocycles. The van der Waals surface area contributed by atoms with Gasteiger partial charge < -0.3 is 16.0 Å². The van der Waals surface area contributed by atoms with Crippen LogP contribution in [0.5, 0.6) is 0 Å². The van der Waals surface area contributed by atoms with E-state index >= 15 is 0 Å². The van der Waals surface area contributed by atoms with Gasteiger partial charge in [-0.3, -0.25) is 9.59 Å². The van der Waals surface area contributed by atoms with Crippen molar-refractivity contribution < 1.29 is 9.59 Å². The number of aryl methyl sites for hydroxylation is 1. The van der Waals surface area contributed by atoms with E-state index in [4.69, 9.17) is 5.73 Å². The molecule has 1 aromatic heterocycles. The van der Waals surface area contributed by atoms with Gasteiger partial charge in [0, 0.05) is 19.5 Å². The quantitative estimate of drug-likeness (QED) is 0.690. The van der Waals surface area contributed by atoms with Crippen molar-refractivity contribution in [2.75, 3.05) is 6.54 Å². The van der Waals surface area contributed by atoms with Gasteiger partial charge in [-0.1, -0.05) is 58.9 Å². The SMILES string of the molecule is CC(C)N.Cc1ncsc1-c1ccc(CNC(=O)[C@@H]2CCCN2C(=O)CC(C)(C)C)cc1. The lowest BCUT2D eigenvalue weighted by molar-refractivity contribution is -0.139. The van der Waals surface area contributed by atoms with Gasteiger partial charge in [0.1, 0.15) is 6.04 Å². The number of thiazole rings is 1. The molecule has 1 aliphatic rings. The molecule has 6 nitrogen and oxygen atoms in total. The number of nitrogens with one attached hydrogen (secondary N) is 1. The number of benzene rings is 1. The number of aromatic nitrogens is 1. The minimum absolute atomic E-state index is 0.0536. The Morgan fingerprint density at radius 3 is 2.41 bits per heavy atom. The molecule has 2 aromatic rings. The minimum atomic E-state index is -0.339. The van der Waals surface area contributed by atoms with E-state index in [0.717, 1.165) is 29.7 Å². The van der Waals surface area contributed by atoms with Crippen LogP contribution in [0, 0.1) is 12.3 Å². The van der Waals surface area contributed by atoms with E-state index in [1.165, 1.54) is 4.88 Å². The highest BCUT2D eigenvalue weighted by Crippen LogP contribution is 2.27. The Labute approximate surface area is 196 Å². The van der Waals surface area contributed by atoms with Crippen molar-refractivity contribution >= 4 is 23.2 Å². The van der Waals surface area contributed by atoms with Crippen LogP contribution in [0.3, 0.4) is 0 Å². The summed E-state index contributed by atoms with van der Waals surface area (Å²) in [5.41, 5.74) is 10.1. The molecule has 176 valence electrons. The third kappa shape index (κ3) is 8.02. The first kappa shape index (κ1) is 26.0. The predicted octanol–water partition coefficient (Wildman–Crippen LogP) is 4.52. The van der Waals surface area contributed by atoms with E-state index in [2.05, 4.69) is 22.4 Å². The van der Waals surface area contributed by atoms with Gasteiger partial charge in [0.25, 0.3) is 0 Å². The first-order chi connectivity index (χ1) is 15.0. The van der Waals surface area contributed by atoms with Crippen LogP contribution in [0.25, 0.3) is 10.4 Å². The average molecular weight is 459 g/mol. The van der Waals surface area contributed by atoms with E-state index < -0.39 is 0 Å². The number of nitrogens with two attached hydrogens (primary N) is 1. The van der Waals surface area contributed by atoms with Gasteiger partial charge in [-0.05, 0) is 42.3 Å².